The van der Waals surface area contributed by atoms with Crippen LogP contribution in [0.3, 0.4) is 0 Å². The molecular weight excluding hydrogens is 256 g/mol. The predicted octanol–water partition coefficient (Wildman–Crippen LogP) is 4.36. The molecule has 108 valence electrons. The van der Waals surface area contributed by atoms with Crippen LogP contribution in [-0.4, -0.2) is 4.40 Å². The van der Waals surface area contributed by atoms with Crippen LogP contribution >= 0.6 is 0 Å². The third-order valence-corrected chi connectivity index (χ3v) is 4.06. The average Bonchev–Trinajstić information content (AvgIpc) is 2.85. The number of nitrogens with two attached hydrogens (primary N) is 1. The molecule has 0 aliphatic rings. The summed E-state index contributed by atoms with van der Waals surface area (Å²) in [4.78, 5) is 0. The molecule has 1 aromatic carbocycles. The average molecular weight is 278 g/mol. The maximum Gasteiger partial charge on any atom is 0.0501 e. The van der Waals surface area contributed by atoms with Gasteiger partial charge in [-0.2, -0.15) is 0 Å². The van der Waals surface area contributed by atoms with Crippen LogP contribution in [0.2, 0.25) is 0 Å². The molecule has 2 aromatic heterocycles. The highest BCUT2D eigenvalue weighted by Crippen LogP contribution is 2.30. The van der Waals surface area contributed by atoms with Gasteiger partial charge in [0.05, 0.1) is 5.52 Å². The van der Waals surface area contributed by atoms with Gasteiger partial charge in [0.2, 0.25) is 0 Å². The summed E-state index contributed by atoms with van der Waals surface area (Å²) in [5.74, 6) is 0. The Bertz CT molecular complexity index is 758. The fourth-order valence-corrected chi connectivity index (χ4v) is 2.79. The van der Waals surface area contributed by atoms with Gasteiger partial charge in [-0.05, 0) is 34.2 Å². The Morgan fingerprint density at radius 2 is 1.71 bits per heavy atom. The van der Waals surface area contributed by atoms with Crippen molar-refractivity contribution in [3.63, 3.8) is 0 Å². The lowest BCUT2D eigenvalue weighted by atomic mass is 9.86. The summed E-state index contributed by atoms with van der Waals surface area (Å²) in [6.45, 7) is 7.26. The first-order valence-electron chi connectivity index (χ1n) is 7.40. The SMILES string of the molecule is CC(C)(C)c1ccc(-c2cn3ccccc3c2CN)cc1. The van der Waals surface area contributed by atoms with Crippen LogP contribution in [-0.2, 0) is 12.0 Å². The van der Waals surface area contributed by atoms with Crippen molar-refractivity contribution in [1.29, 1.82) is 0 Å². The monoisotopic (exact) mass is 278 g/mol. The molecule has 21 heavy (non-hydrogen) atoms. The van der Waals surface area contributed by atoms with Gasteiger partial charge in [0.15, 0.2) is 0 Å². The molecule has 2 nitrogen and oxygen atoms in total. The van der Waals surface area contributed by atoms with Crippen LogP contribution in [0.5, 0.6) is 0 Å². The van der Waals surface area contributed by atoms with Crippen molar-refractivity contribution in [2.24, 2.45) is 5.73 Å². The quantitative estimate of drug-likeness (QED) is 0.741. The smallest absolute Gasteiger partial charge is 0.0501 e. The Morgan fingerprint density at radius 1 is 1.00 bits per heavy atom. The van der Waals surface area contributed by atoms with Gasteiger partial charge in [0, 0.05) is 24.5 Å². The Balaban J connectivity index is 2.12. The molecule has 3 rings (SSSR count). The number of benzene rings is 1. The second-order valence-corrected chi connectivity index (χ2v) is 6.55. The van der Waals surface area contributed by atoms with Crippen LogP contribution in [0.1, 0.15) is 31.9 Å². The largest absolute Gasteiger partial charge is 0.326 e. The normalized spacial score (nSPS) is 12.0. The summed E-state index contributed by atoms with van der Waals surface area (Å²) < 4.78 is 2.15. The molecule has 0 spiro atoms. The number of rotatable bonds is 2. The van der Waals surface area contributed by atoms with Gasteiger partial charge in [-0.15, -0.1) is 0 Å². The van der Waals surface area contributed by atoms with Gasteiger partial charge >= 0.3 is 0 Å². The van der Waals surface area contributed by atoms with Crippen LogP contribution < -0.4 is 5.73 Å². The molecule has 0 aliphatic heterocycles. The lowest BCUT2D eigenvalue weighted by Gasteiger charge is -2.19. The van der Waals surface area contributed by atoms with E-state index in [4.69, 9.17) is 5.73 Å². The second-order valence-electron chi connectivity index (χ2n) is 6.55. The van der Waals surface area contributed by atoms with E-state index in [0.29, 0.717) is 6.54 Å². The summed E-state index contributed by atoms with van der Waals surface area (Å²) >= 11 is 0. The second kappa shape index (κ2) is 5.05. The van der Waals surface area contributed by atoms with Crippen molar-refractivity contribution in [2.75, 3.05) is 0 Å². The fourth-order valence-electron chi connectivity index (χ4n) is 2.79. The third-order valence-electron chi connectivity index (χ3n) is 4.06. The summed E-state index contributed by atoms with van der Waals surface area (Å²) in [7, 11) is 0. The number of pyridine rings is 1. The van der Waals surface area contributed by atoms with E-state index in [2.05, 4.69) is 74.0 Å². The van der Waals surface area contributed by atoms with Crippen LogP contribution in [0, 0.1) is 0 Å². The molecule has 0 atom stereocenters. The number of fused-ring (bicyclic) bond motifs is 1. The zero-order valence-electron chi connectivity index (χ0n) is 12.9. The van der Waals surface area contributed by atoms with Crippen molar-refractivity contribution in [1.82, 2.24) is 4.40 Å². The van der Waals surface area contributed by atoms with Gasteiger partial charge in [0.1, 0.15) is 0 Å². The molecule has 0 aliphatic carbocycles. The van der Waals surface area contributed by atoms with E-state index in [0.717, 1.165) is 0 Å². The van der Waals surface area contributed by atoms with Gasteiger partial charge in [-0.25, -0.2) is 0 Å². The molecule has 0 unspecified atom stereocenters. The summed E-state index contributed by atoms with van der Waals surface area (Å²) in [5.41, 5.74) is 12.4. The minimum atomic E-state index is 0.181. The van der Waals surface area contributed by atoms with E-state index < -0.39 is 0 Å². The minimum Gasteiger partial charge on any atom is -0.326 e. The standard InChI is InChI=1S/C19H22N2/c1-19(2,3)15-9-7-14(8-10-15)17-13-21-11-5-4-6-18(21)16(17)12-20/h4-11,13H,12,20H2,1-3H3. The van der Waals surface area contributed by atoms with E-state index in [-0.39, 0.29) is 5.41 Å². The predicted molar refractivity (Wildman–Crippen MR) is 89.4 cm³/mol. The van der Waals surface area contributed by atoms with Crippen molar-refractivity contribution < 1.29 is 0 Å². The lowest BCUT2D eigenvalue weighted by molar-refractivity contribution is 0.590. The van der Waals surface area contributed by atoms with E-state index in [1.54, 1.807) is 0 Å². The highest BCUT2D eigenvalue weighted by atomic mass is 14.9. The Labute approximate surface area is 126 Å². The highest BCUT2D eigenvalue weighted by molar-refractivity contribution is 5.76. The van der Waals surface area contributed by atoms with Crippen LogP contribution in [0.15, 0.2) is 54.9 Å². The Kier molecular flexibility index (Phi) is 3.34. The molecule has 2 N–H and O–H groups in total. The fraction of sp³-hybridized carbons (Fsp3) is 0.263. The molecule has 0 saturated heterocycles. The molecule has 0 amide bonds. The maximum atomic E-state index is 5.98. The number of nitrogens with zero attached hydrogens (tertiary/aromatic N) is 1. The lowest BCUT2D eigenvalue weighted by Crippen LogP contribution is -2.10. The summed E-state index contributed by atoms with van der Waals surface area (Å²) in [6, 6.07) is 15.1. The van der Waals surface area contributed by atoms with E-state index in [1.807, 2.05) is 6.07 Å². The number of hydrogen-bond donors (Lipinski definition) is 1. The zero-order valence-corrected chi connectivity index (χ0v) is 12.9. The van der Waals surface area contributed by atoms with Crippen LogP contribution in [0.25, 0.3) is 16.6 Å². The third kappa shape index (κ3) is 2.47. The molecule has 0 fully saturated rings. The minimum absolute atomic E-state index is 0.181. The molecular formula is C19H22N2. The van der Waals surface area contributed by atoms with Gasteiger partial charge < -0.3 is 10.1 Å². The van der Waals surface area contributed by atoms with Crippen molar-refractivity contribution >= 4 is 5.52 Å². The van der Waals surface area contributed by atoms with Crippen molar-refractivity contribution in [2.45, 2.75) is 32.7 Å². The zero-order chi connectivity index (χ0) is 15.0. The number of aromatic nitrogens is 1. The molecule has 3 aromatic rings. The first-order chi connectivity index (χ1) is 10.0. The molecule has 0 bridgehead atoms. The molecule has 0 saturated carbocycles. The summed E-state index contributed by atoms with van der Waals surface area (Å²) in [5, 5.41) is 0. The molecule has 2 heterocycles. The van der Waals surface area contributed by atoms with Crippen molar-refractivity contribution in [3.05, 3.63) is 66.0 Å². The first kappa shape index (κ1) is 13.9. The van der Waals surface area contributed by atoms with Gasteiger partial charge in [-0.1, -0.05) is 51.1 Å². The highest BCUT2D eigenvalue weighted by Gasteiger charge is 2.15. The Hall–Kier alpha value is -2.06. The van der Waals surface area contributed by atoms with Crippen molar-refractivity contribution in [3.8, 4) is 11.1 Å². The van der Waals surface area contributed by atoms with Gasteiger partial charge in [-0.3, -0.25) is 0 Å². The topological polar surface area (TPSA) is 30.4 Å². The van der Waals surface area contributed by atoms with Crippen LogP contribution in [0.4, 0.5) is 0 Å². The first-order valence-corrected chi connectivity index (χ1v) is 7.40. The van der Waals surface area contributed by atoms with E-state index in [9.17, 15) is 0 Å². The number of hydrogen-bond acceptors (Lipinski definition) is 1. The molecule has 2 heteroatoms. The Morgan fingerprint density at radius 3 is 2.33 bits per heavy atom. The van der Waals surface area contributed by atoms with E-state index in [1.165, 1.54) is 27.8 Å². The van der Waals surface area contributed by atoms with E-state index >= 15 is 0 Å². The maximum absolute atomic E-state index is 5.98. The summed E-state index contributed by atoms with van der Waals surface area (Å²) in [6.07, 6.45) is 4.24. The molecule has 0 radical (unpaired) electrons. The van der Waals surface area contributed by atoms with Gasteiger partial charge in [0.25, 0.3) is 0 Å².